The first kappa shape index (κ1) is 20.6. The third-order valence-electron chi connectivity index (χ3n) is 4.70. The van der Waals surface area contributed by atoms with E-state index in [0.29, 0.717) is 34.9 Å². The van der Waals surface area contributed by atoms with Crippen LogP contribution >= 0.6 is 22.9 Å². The normalized spacial score (nSPS) is 14.1. The van der Waals surface area contributed by atoms with E-state index < -0.39 is 0 Å². The van der Waals surface area contributed by atoms with Crippen molar-refractivity contribution in [1.82, 2.24) is 4.98 Å². The van der Waals surface area contributed by atoms with Gasteiger partial charge in [-0.15, -0.1) is 11.3 Å². The molecule has 1 saturated carbocycles. The molecule has 2 aromatic rings. The van der Waals surface area contributed by atoms with Crippen molar-refractivity contribution < 1.29 is 14.3 Å². The molecule has 0 unspecified atom stereocenters. The largest absolute Gasteiger partial charge is 0.466 e. The number of hydrogen-bond acceptors (Lipinski definition) is 5. The van der Waals surface area contributed by atoms with E-state index in [0.717, 1.165) is 18.5 Å². The fraction of sp³-hybridized carbons (Fsp3) is 0.450. The van der Waals surface area contributed by atoms with E-state index in [2.05, 4.69) is 10.3 Å². The zero-order valence-electron chi connectivity index (χ0n) is 15.8. The summed E-state index contributed by atoms with van der Waals surface area (Å²) in [5.74, 6) is 0.173. The van der Waals surface area contributed by atoms with Crippen molar-refractivity contribution >= 4 is 45.8 Å². The lowest BCUT2D eigenvalue weighted by Crippen LogP contribution is -2.38. The zero-order chi connectivity index (χ0) is 19.9. The second-order valence-corrected chi connectivity index (χ2v) is 8.09. The number of rotatable bonds is 7. The summed E-state index contributed by atoms with van der Waals surface area (Å²) in [6, 6.07) is 7.04. The van der Waals surface area contributed by atoms with Gasteiger partial charge in [0.2, 0.25) is 0 Å². The van der Waals surface area contributed by atoms with Crippen LogP contribution in [0.4, 0.5) is 15.6 Å². The minimum absolute atomic E-state index is 0.100. The first-order valence-corrected chi connectivity index (χ1v) is 10.7. The maximum Gasteiger partial charge on any atom is 0.328 e. The van der Waals surface area contributed by atoms with Crippen molar-refractivity contribution in [3.05, 3.63) is 40.4 Å². The maximum absolute atomic E-state index is 13.0. The van der Waals surface area contributed by atoms with Gasteiger partial charge in [-0.3, -0.25) is 15.0 Å². The molecule has 1 N–H and O–H groups in total. The fourth-order valence-corrected chi connectivity index (χ4v) is 4.17. The molecule has 1 aromatic heterocycles. The van der Waals surface area contributed by atoms with Crippen LogP contribution in [0, 0.1) is 5.92 Å². The maximum atomic E-state index is 13.0. The number of nitrogens with zero attached hydrogens (tertiary/aromatic N) is 2. The molecule has 28 heavy (non-hydrogen) atoms. The summed E-state index contributed by atoms with van der Waals surface area (Å²) in [7, 11) is 0. The van der Waals surface area contributed by atoms with Crippen molar-refractivity contribution in [2.24, 2.45) is 5.92 Å². The Morgan fingerprint density at radius 2 is 2.00 bits per heavy atom. The van der Waals surface area contributed by atoms with E-state index in [1.54, 1.807) is 29.3 Å². The molecule has 1 aromatic carbocycles. The Bertz CT molecular complexity index is 803. The average molecular weight is 422 g/mol. The second-order valence-electron chi connectivity index (χ2n) is 6.79. The van der Waals surface area contributed by atoms with Crippen LogP contribution in [0.5, 0.6) is 0 Å². The van der Waals surface area contributed by atoms with Gasteiger partial charge in [-0.2, -0.15) is 0 Å². The molecule has 6 nitrogen and oxygen atoms in total. The van der Waals surface area contributed by atoms with Crippen molar-refractivity contribution in [3.8, 4) is 0 Å². The smallest absolute Gasteiger partial charge is 0.328 e. The van der Waals surface area contributed by atoms with E-state index in [1.807, 2.05) is 12.1 Å². The van der Waals surface area contributed by atoms with Crippen molar-refractivity contribution in [2.45, 2.75) is 39.0 Å². The molecule has 1 aliphatic carbocycles. The minimum atomic E-state index is -0.324. The number of urea groups is 1. The highest BCUT2D eigenvalue weighted by molar-refractivity contribution is 7.14. The molecule has 0 bridgehead atoms. The summed E-state index contributed by atoms with van der Waals surface area (Å²) < 4.78 is 4.94. The number of carbonyl (C=O) groups excluding carboxylic acids is 2. The van der Waals surface area contributed by atoms with Crippen LogP contribution in [0.3, 0.4) is 0 Å². The first-order chi connectivity index (χ1) is 13.5. The van der Waals surface area contributed by atoms with Crippen LogP contribution in [0.2, 0.25) is 5.02 Å². The number of nitrogens with one attached hydrogen (secondary N) is 1. The van der Waals surface area contributed by atoms with Crippen molar-refractivity contribution in [1.29, 1.82) is 0 Å². The molecule has 0 spiro atoms. The van der Waals surface area contributed by atoms with Gasteiger partial charge in [0.25, 0.3) is 0 Å². The van der Waals surface area contributed by atoms with Crippen molar-refractivity contribution in [3.63, 3.8) is 0 Å². The summed E-state index contributed by atoms with van der Waals surface area (Å²) in [6.45, 7) is 2.76. The number of halogens is 1. The highest BCUT2D eigenvalue weighted by Crippen LogP contribution is 2.29. The number of ether oxygens (including phenoxy) is 1. The number of aromatic nitrogens is 1. The van der Waals surface area contributed by atoms with Crippen molar-refractivity contribution in [2.75, 3.05) is 23.4 Å². The summed E-state index contributed by atoms with van der Waals surface area (Å²) in [5.41, 5.74) is 1.39. The Hall–Kier alpha value is -2.12. The average Bonchev–Trinajstić information content (AvgIpc) is 3.33. The zero-order valence-corrected chi connectivity index (χ0v) is 17.4. The predicted molar refractivity (Wildman–Crippen MR) is 112 cm³/mol. The van der Waals surface area contributed by atoms with E-state index >= 15 is 0 Å². The lowest BCUT2D eigenvalue weighted by molar-refractivity contribution is -0.142. The highest BCUT2D eigenvalue weighted by Gasteiger charge is 2.24. The van der Waals surface area contributed by atoms with Crippen LogP contribution < -0.4 is 10.2 Å². The lowest BCUT2D eigenvalue weighted by atomic mass is 10.1. The van der Waals surface area contributed by atoms with Crippen LogP contribution in [-0.2, 0) is 16.0 Å². The Morgan fingerprint density at radius 1 is 1.29 bits per heavy atom. The summed E-state index contributed by atoms with van der Waals surface area (Å²) >= 11 is 7.29. The Morgan fingerprint density at radius 3 is 2.68 bits per heavy atom. The Labute approximate surface area is 173 Å². The van der Waals surface area contributed by atoms with Gasteiger partial charge < -0.3 is 4.74 Å². The van der Waals surface area contributed by atoms with Gasteiger partial charge in [0.05, 0.1) is 18.7 Å². The molecule has 3 rings (SSSR count). The third kappa shape index (κ3) is 5.69. The van der Waals surface area contributed by atoms with Gasteiger partial charge >= 0.3 is 12.0 Å². The molecule has 1 aliphatic rings. The van der Waals surface area contributed by atoms with E-state index in [1.165, 1.54) is 24.2 Å². The molecule has 0 atom stereocenters. The van der Waals surface area contributed by atoms with Gasteiger partial charge in [0.1, 0.15) is 0 Å². The van der Waals surface area contributed by atoms with E-state index in [9.17, 15) is 9.59 Å². The topological polar surface area (TPSA) is 71.5 Å². The molecule has 2 amide bonds. The quantitative estimate of drug-likeness (QED) is 0.629. The molecular formula is C20H24ClN3O3S. The number of esters is 1. The molecule has 0 radical (unpaired) electrons. The van der Waals surface area contributed by atoms with Crippen LogP contribution in [-0.4, -0.2) is 30.1 Å². The molecule has 0 aliphatic heterocycles. The molecule has 150 valence electrons. The Kier molecular flexibility index (Phi) is 7.28. The molecule has 1 heterocycles. The second kappa shape index (κ2) is 9.89. The highest BCUT2D eigenvalue weighted by atomic mass is 35.5. The summed E-state index contributed by atoms with van der Waals surface area (Å²) in [5, 5.41) is 5.72. The molecular weight excluding hydrogens is 398 g/mol. The van der Waals surface area contributed by atoms with E-state index in [-0.39, 0.29) is 18.4 Å². The summed E-state index contributed by atoms with van der Waals surface area (Å²) in [4.78, 5) is 30.7. The van der Waals surface area contributed by atoms with Crippen LogP contribution in [0.1, 0.15) is 38.3 Å². The predicted octanol–water partition coefficient (Wildman–Crippen LogP) is 5.13. The third-order valence-corrected chi connectivity index (χ3v) is 5.75. The van der Waals surface area contributed by atoms with E-state index in [4.69, 9.17) is 16.3 Å². The van der Waals surface area contributed by atoms with Crippen LogP contribution in [0.15, 0.2) is 29.6 Å². The molecule has 1 fully saturated rings. The number of amides is 2. The number of thiazole rings is 1. The van der Waals surface area contributed by atoms with Crippen LogP contribution in [0.25, 0.3) is 0 Å². The van der Waals surface area contributed by atoms with Gasteiger partial charge in [0.15, 0.2) is 5.13 Å². The molecule has 0 saturated heterocycles. The fourth-order valence-electron chi connectivity index (χ4n) is 3.34. The van der Waals surface area contributed by atoms with Gasteiger partial charge in [-0.25, -0.2) is 9.78 Å². The number of carbonyl (C=O) groups is 2. The lowest BCUT2D eigenvalue weighted by Gasteiger charge is -2.25. The number of anilines is 2. The monoisotopic (exact) mass is 421 g/mol. The number of hydrogen-bond donors (Lipinski definition) is 1. The summed E-state index contributed by atoms with van der Waals surface area (Å²) in [6.07, 6.45) is 4.80. The SMILES string of the molecule is CCOC(=O)Cc1csc(NC(=O)N(CC2CCCC2)c2ccc(Cl)cc2)n1. The standard InChI is InChI=1S/C20H24ClN3O3S/c1-2-27-18(25)11-16-13-28-19(22-16)23-20(26)24(12-14-5-3-4-6-14)17-9-7-15(21)8-10-17/h7-10,13-14H,2-6,11-12H2,1H3,(H,22,23,26). The van der Waals surface area contributed by atoms with Gasteiger partial charge in [-0.1, -0.05) is 24.4 Å². The minimum Gasteiger partial charge on any atom is -0.466 e. The first-order valence-electron chi connectivity index (χ1n) is 9.49. The molecule has 8 heteroatoms. The number of benzene rings is 1. The van der Waals surface area contributed by atoms with Gasteiger partial charge in [-0.05, 0) is 49.9 Å². The Balaban J connectivity index is 1.69. The van der Waals surface area contributed by atoms with Gasteiger partial charge in [0, 0.05) is 22.6 Å².